The van der Waals surface area contributed by atoms with Gasteiger partial charge in [0.05, 0.1) is 5.69 Å². The Kier molecular flexibility index (Phi) is 3.76. The Bertz CT molecular complexity index is 710. The second-order valence-electron chi connectivity index (χ2n) is 4.26. The van der Waals surface area contributed by atoms with E-state index in [-0.39, 0.29) is 16.9 Å². The Morgan fingerprint density at radius 2 is 2.05 bits per heavy atom. The molecule has 0 fully saturated rings. The summed E-state index contributed by atoms with van der Waals surface area (Å²) >= 11 is 1.60. The smallest absolute Gasteiger partial charge is 0.262 e. The molecule has 0 bridgehead atoms. The summed E-state index contributed by atoms with van der Waals surface area (Å²) in [5.41, 5.74) is 0.176. The average Bonchev–Trinajstić information content (AvgIpc) is 2.71. The van der Waals surface area contributed by atoms with E-state index in [1.165, 1.54) is 11.0 Å². The van der Waals surface area contributed by atoms with Crippen LogP contribution in [0.1, 0.15) is 31.6 Å². The molecular weight excluding hydrogens is 260 g/mol. The Morgan fingerprint density at radius 1 is 1.32 bits per heavy atom. The first kappa shape index (κ1) is 13.4. The average molecular weight is 274 g/mol. The number of allylic oxidation sites excluding steroid dienone is 1. The molecule has 2 heterocycles. The van der Waals surface area contributed by atoms with Crippen LogP contribution in [0.4, 0.5) is 0 Å². The van der Waals surface area contributed by atoms with Crippen molar-refractivity contribution in [1.82, 2.24) is 9.97 Å². The molecule has 0 atom stereocenters. The highest BCUT2D eigenvalue weighted by molar-refractivity contribution is 7.12. The van der Waals surface area contributed by atoms with Crippen LogP contribution in [0.5, 0.6) is 0 Å². The van der Waals surface area contributed by atoms with E-state index >= 15 is 0 Å². The first-order valence-electron chi connectivity index (χ1n) is 5.84. The third-order valence-corrected chi connectivity index (χ3v) is 3.59. The molecule has 0 aliphatic heterocycles. The van der Waals surface area contributed by atoms with Crippen LogP contribution in [0.3, 0.4) is 0 Å². The molecule has 5 heteroatoms. The van der Waals surface area contributed by atoms with Gasteiger partial charge in [0.25, 0.3) is 5.56 Å². The van der Waals surface area contributed by atoms with E-state index in [4.69, 9.17) is 0 Å². The predicted octanol–water partition coefficient (Wildman–Crippen LogP) is 2.65. The van der Waals surface area contributed by atoms with Gasteiger partial charge in [-0.15, -0.1) is 11.3 Å². The molecule has 0 aromatic carbocycles. The molecule has 0 radical (unpaired) electrons. The number of aromatic nitrogens is 2. The van der Waals surface area contributed by atoms with Crippen molar-refractivity contribution in [2.24, 2.45) is 0 Å². The summed E-state index contributed by atoms with van der Waals surface area (Å²) in [4.78, 5) is 32.6. The van der Waals surface area contributed by atoms with Crippen LogP contribution in [0.25, 0.3) is 6.08 Å². The Labute approximate surface area is 114 Å². The Balaban J connectivity index is 2.31. The van der Waals surface area contributed by atoms with Gasteiger partial charge in [-0.3, -0.25) is 9.59 Å². The lowest BCUT2D eigenvalue weighted by Gasteiger charge is -2.01. The number of aromatic amines is 1. The van der Waals surface area contributed by atoms with Gasteiger partial charge < -0.3 is 4.98 Å². The molecule has 4 nitrogen and oxygen atoms in total. The summed E-state index contributed by atoms with van der Waals surface area (Å²) in [5, 5.41) is 0. The second kappa shape index (κ2) is 5.32. The molecule has 2 aromatic rings. The quantitative estimate of drug-likeness (QED) is 0.691. The number of thiophene rings is 1. The van der Waals surface area contributed by atoms with Crippen LogP contribution in [0.15, 0.2) is 23.0 Å². The van der Waals surface area contributed by atoms with Crippen LogP contribution in [-0.4, -0.2) is 15.8 Å². The second-order valence-corrected chi connectivity index (χ2v) is 5.58. The van der Waals surface area contributed by atoms with Gasteiger partial charge in [-0.2, -0.15) is 0 Å². The largest absolute Gasteiger partial charge is 0.310 e. The SMILES string of the molecule is Cc1nc(C)c(C(=O)C=Cc2ccc(C)s2)c(=O)[nH]1. The number of rotatable bonds is 3. The van der Waals surface area contributed by atoms with Crippen molar-refractivity contribution in [3.05, 3.63) is 55.4 Å². The molecule has 0 saturated carbocycles. The highest BCUT2D eigenvalue weighted by Gasteiger charge is 2.12. The summed E-state index contributed by atoms with van der Waals surface area (Å²) < 4.78 is 0. The van der Waals surface area contributed by atoms with Crippen LogP contribution >= 0.6 is 11.3 Å². The minimum atomic E-state index is -0.387. The molecule has 0 aliphatic carbocycles. The minimum absolute atomic E-state index is 0.107. The fourth-order valence-corrected chi connectivity index (χ4v) is 2.58. The highest BCUT2D eigenvalue weighted by atomic mass is 32.1. The zero-order valence-electron chi connectivity index (χ0n) is 11.0. The maximum absolute atomic E-state index is 12.0. The van der Waals surface area contributed by atoms with Crippen molar-refractivity contribution in [1.29, 1.82) is 0 Å². The van der Waals surface area contributed by atoms with Gasteiger partial charge in [0.2, 0.25) is 0 Å². The maximum atomic E-state index is 12.0. The Hall–Kier alpha value is -2.01. The summed E-state index contributed by atoms with van der Waals surface area (Å²) in [6.45, 7) is 5.36. The number of hydrogen-bond donors (Lipinski definition) is 1. The monoisotopic (exact) mass is 274 g/mol. The number of aryl methyl sites for hydroxylation is 3. The van der Waals surface area contributed by atoms with Gasteiger partial charge in [0.1, 0.15) is 11.4 Å². The molecule has 2 rings (SSSR count). The van der Waals surface area contributed by atoms with Crippen molar-refractivity contribution in [3.8, 4) is 0 Å². The van der Waals surface area contributed by atoms with E-state index in [1.54, 1.807) is 31.3 Å². The third-order valence-electron chi connectivity index (χ3n) is 2.63. The van der Waals surface area contributed by atoms with E-state index in [9.17, 15) is 9.59 Å². The van der Waals surface area contributed by atoms with Gasteiger partial charge in [0.15, 0.2) is 5.78 Å². The van der Waals surface area contributed by atoms with Crippen LogP contribution < -0.4 is 5.56 Å². The molecule has 0 amide bonds. The minimum Gasteiger partial charge on any atom is -0.310 e. The van der Waals surface area contributed by atoms with Gasteiger partial charge in [-0.25, -0.2) is 4.98 Å². The molecule has 0 aliphatic rings. The van der Waals surface area contributed by atoms with E-state index in [1.807, 2.05) is 19.1 Å². The molecule has 1 N–H and O–H groups in total. The van der Waals surface area contributed by atoms with Gasteiger partial charge in [-0.1, -0.05) is 0 Å². The third kappa shape index (κ3) is 3.06. The number of hydrogen-bond acceptors (Lipinski definition) is 4. The fourth-order valence-electron chi connectivity index (χ4n) is 1.80. The van der Waals surface area contributed by atoms with Crippen molar-refractivity contribution < 1.29 is 4.79 Å². The van der Waals surface area contributed by atoms with Crippen molar-refractivity contribution >= 4 is 23.2 Å². The first-order valence-corrected chi connectivity index (χ1v) is 6.65. The molecule has 98 valence electrons. The van der Waals surface area contributed by atoms with Crippen molar-refractivity contribution in [2.45, 2.75) is 20.8 Å². The zero-order valence-corrected chi connectivity index (χ0v) is 11.8. The molecule has 0 unspecified atom stereocenters. The summed E-state index contributed by atoms with van der Waals surface area (Å²) in [6, 6.07) is 3.93. The molecule has 19 heavy (non-hydrogen) atoms. The number of H-pyrrole nitrogens is 1. The molecule has 0 saturated heterocycles. The number of carbonyl (C=O) groups is 1. The van der Waals surface area contributed by atoms with Crippen LogP contribution in [-0.2, 0) is 0 Å². The fraction of sp³-hybridized carbons (Fsp3) is 0.214. The standard InChI is InChI=1S/C14H14N2O2S/c1-8-4-5-11(19-8)6-7-12(17)13-9(2)15-10(3)16-14(13)18/h4-7H,1-3H3,(H,15,16,18). The topological polar surface area (TPSA) is 62.8 Å². The van der Waals surface area contributed by atoms with Crippen molar-refractivity contribution in [3.63, 3.8) is 0 Å². The lowest BCUT2D eigenvalue weighted by Crippen LogP contribution is -2.21. The predicted molar refractivity (Wildman–Crippen MR) is 76.8 cm³/mol. The molecular formula is C14H14N2O2S. The summed E-state index contributed by atoms with van der Waals surface area (Å²) in [6.07, 6.45) is 3.14. The number of ketones is 1. The Morgan fingerprint density at radius 3 is 2.63 bits per heavy atom. The van der Waals surface area contributed by atoms with Crippen LogP contribution in [0, 0.1) is 20.8 Å². The normalized spacial score (nSPS) is 11.1. The number of nitrogens with zero attached hydrogens (tertiary/aromatic N) is 1. The molecule has 2 aromatic heterocycles. The highest BCUT2D eigenvalue weighted by Crippen LogP contribution is 2.16. The summed E-state index contributed by atoms with van der Waals surface area (Å²) in [7, 11) is 0. The lowest BCUT2D eigenvalue weighted by molar-refractivity contribution is 0.104. The number of nitrogens with one attached hydrogen (secondary N) is 1. The number of carbonyl (C=O) groups excluding carboxylic acids is 1. The van der Waals surface area contributed by atoms with Gasteiger partial charge in [0, 0.05) is 9.75 Å². The van der Waals surface area contributed by atoms with E-state index in [0.717, 1.165) is 4.88 Å². The van der Waals surface area contributed by atoms with Gasteiger partial charge >= 0.3 is 0 Å². The van der Waals surface area contributed by atoms with E-state index < -0.39 is 0 Å². The summed E-state index contributed by atoms with van der Waals surface area (Å²) in [5.74, 6) is 0.189. The zero-order chi connectivity index (χ0) is 14.0. The first-order chi connectivity index (χ1) is 8.97. The van der Waals surface area contributed by atoms with Crippen molar-refractivity contribution in [2.75, 3.05) is 0 Å². The lowest BCUT2D eigenvalue weighted by atomic mass is 10.1. The maximum Gasteiger partial charge on any atom is 0.262 e. The van der Waals surface area contributed by atoms with Crippen LogP contribution in [0.2, 0.25) is 0 Å². The van der Waals surface area contributed by atoms with E-state index in [2.05, 4.69) is 9.97 Å². The van der Waals surface area contributed by atoms with E-state index in [0.29, 0.717) is 11.5 Å². The van der Waals surface area contributed by atoms with Gasteiger partial charge in [-0.05, 0) is 45.1 Å². The molecule has 0 spiro atoms.